The summed E-state index contributed by atoms with van der Waals surface area (Å²) in [6, 6.07) is -4.40. The van der Waals surface area contributed by atoms with E-state index >= 15 is 0 Å². The number of carboxylic acid groups (broad SMARTS) is 2. The minimum atomic E-state index is -1.49. The molecule has 12 nitrogen and oxygen atoms in total. The van der Waals surface area contributed by atoms with Crippen molar-refractivity contribution in [2.75, 3.05) is 13.1 Å². The first kappa shape index (κ1) is 25.3. The Morgan fingerprint density at radius 1 is 1.10 bits per heavy atom. The Kier molecular flexibility index (Phi) is 10.2. The number of hydrogen-bond donors (Lipinski definition) is 6. The number of carboxylic acids is 2. The SMILES string of the molecule is CC(N)C(=O)N1CCCC1C(=O)NC(CC(=O)O)C(=O)NC(CCCCN)C(=O)O. The molecule has 0 bridgehead atoms. The lowest BCUT2D eigenvalue weighted by atomic mass is 10.1. The number of unbranched alkanes of at least 4 members (excludes halogenated alkanes) is 1. The van der Waals surface area contributed by atoms with Crippen molar-refractivity contribution < 1.29 is 34.2 Å². The van der Waals surface area contributed by atoms with Crippen LogP contribution in [0.25, 0.3) is 0 Å². The summed E-state index contributed by atoms with van der Waals surface area (Å²) in [5.41, 5.74) is 11.0. The van der Waals surface area contributed by atoms with Gasteiger partial charge < -0.3 is 37.2 Å². The summed E-state index contributed by atoms with van der Waals surface area (Å²) in [6.45, 7) is 2.19. The van der Waals surface area contributed by atoms with E-state index in [1.54, 1.807) is 0 Å². The van der Waals surface area contributed by atoms with Crippen molar-refractivity contribution in [1.82, 2.24) is 15.5 Å². The normalized spacial score (nSPS) is 18.9. The van der Waals surface area contributed by atoms with Crippen molar-refractivity contribution in [2.45, 2.75) is 69.6 Å². The molecule has 0 saturated carbocycles. The van der Waals surface area contributed by atoms with Crippen molar-refractivity contribution in [3.63, 3.8) is 0 Å². The van der Waals surface area contributed by atoms with Gasteiger partial charge in [0.1, 0.15) is 18.1 Å². The van der Waals surface area contributed by atoms with Crippen LogP contribution in [0.2, 0.25) is 0 Å². The summed E-state index contributed by atoms with van der Waals surface area (Å²) < 4.78 is 0. The van der Waals surface area contributed by atoms with E-state index in [1.807, 2.05) is 0 Å². The Morgan fingerprint density at radius 2 is 1.77 bits per heavy atom. The predicted molar refractivity (Wildman–Crippen MR) is 105 cm³/mol. The van der Waals surface area contributed by atoms with Crippen molar-refractivity contribution in [3.05, 3.63) is 0 Å². The van der Waals surface area contributed by atoms with Gasteiger partial charge in [0, 0.05) is 6.54 Å². The van der Waals surface area contributed by atoms with E-state index in [0.717, 1.165) is 0 Å². The van der Waals surface area contributed by atoms with Crippen LogP contribution in [0, 0.1) is 0 Å². The van der Waals surface area contributed by atoms with Crippen LogP contribution < -0.4 is 22.1 Å². The number of carbonyl (C=O) groups is 5. The van der Waals surface area contributed by atoms with Gasteiger partial charge >= 0.3 is 11.9 Å². The van der Waals surface area contributed by atoms with Gasteiger partial charge in [0.25, 0.3) is 0 Å². The lowest BCUT2D eigenvalue weighted by Crippen LogP contribution is -2.56. The predicted octanol–water partition coefficient (Wildman–Crippen LogP) is -2.02. The molecule has 1 aliphatic rings. The van der Waals surface area contributed by atoms with Crippen molar-refractivity contribution >= 4 is 29.7 Å². The average molecular weight is 429 g/mol. The summed E-state index contributed by atoms with van der Waals surface area (Å²) in [4.78, 5) is 61.2. The zero-order chi connectivity index (χ0) is 22.8. The number of nitrogens with one attached hydrogen (secondary N) is 2. The fourth-order valence-electron chi connectivity index (χ4n) is 3.24. The van der Waals surface area contributed by atoms with Crippen LogP contribution >= 0.6 is 0 Å². The zero-order valence-electron chi connectivity index (χ0n) is 17.0. The molecule has 0 aromatic rings. The summed E-state index contributed by atoms with van der Waals surface area (Å²) >= 11 is 0. The fraction of sp³-hybridized carbons (Fsp3) is 0.722. The van der Waals surface area contributed by atoms with Crippen LogP contribution in [-0.2, 0) is 24.0 Å². The number of rotatable bonds is 12. The highest BCUT2D eigenvalue weighted by Crippen LogP contribution is 2.18. The van der Waals surface area contributed by atoms with E-state index in [0.29, 0.717) is 38.8 Å². The fourth-order valence-corrected chi connectivity index (χ4v) is 3.24. The number of likely N-dealkylation sites (tertiary alicyclic amines) is 1. The molecular formula is C18H31N5O7. The quantitative estimate of drug-likeness (QED) is 0.189. The van der Waals surface area contributed by atoms with Crippen molar-refractivity contribution in [2.24, 2.45) is 11.5 Å². The average Bonchev–Trinajstić information content (AvgIpc) is 3.15. The molecule has 1 aliphatic heterocycles. The molecule has 4 atom stereocenters. The number of amides is 3. The Hall–Kier alpha value is -2.73. The Bertz CT molecular complexity index is 655. The number of aliphatic carboxylic acids is 2. The number of nitrogens with zero attached hydrogens (tertiary/aromatic N) is 1. The second kappa shape index (κ2) is 12.1. The first-order chi connectivity index (χ1) is 14.1. The van der Waals surface area contributed by atoms with E-state index in [9.17, 15) is 29.1 Å². The molecule has 0 aromatic heterocycles. The van der Waals surface area contributed by atoms with Gasteiger partial charge in [0.05, 0.1) is 12.5 Å². The van der Waals surface area contributed by atoms with Crippen molar-refractivity contribution in [3.8, 4) is 0 Å². The van der Waals surface area contributed by atoms with Crippen LogP contribution in [0.5, 0.6) is 0 Å². The minimum absolute atomic E-state index is 0.116. The monoisotopic (exact) mass is 429 g/mol. The largest absolute Gasteiger partial charge is 0.481 e. The lowest BCUT2D eigenvalue weighted by Gasteiger charge is -2.27. The Balaban J connectivity index is 2.86. The van der Waals surface area contributed by atoms with Crippen LogP contribution in [-0.4, -0.2) is 82.0 Å². The third-order valence-corrected chi connectivity index (χ3v) is 4.80. The molecule has 1 saturated heterocycles. The van der Waals surface area contributed by atoms with E-state index in [1.165, 1.54) is 11.8 Å². The van der Waals surface area contributed by atoms with Crippen molar-refractivity contribution in [1.29, 1.82) is 0 Å². The highest BCUT2D eigenvalue weighted by Gasteiger charge is 2.37. The highest BCUT2D eigenvalue weighted by atomic mass is 16.4. The number of nitrogens with two attached hydrogens (primary N) is 2. The number of hydrogen-bond acceptors (Lipinski definition) is 7. The third-order valence-electron chi connectivity index (χ3n) is 4.80. The topological polar surface area (TPSA) is 205 Å². The second-order valence-electron chi connectivity index (χ2n) is 7.32. The first-order valence-corrected chi connectivity index (χ1v) is 9.90. The van der Waals surface area contributed by atoms with Crippen LogP contribution in [0.15, 0.2) is 0 Å². The molecule has 1 fully saturated rings. The molecule has 1 rings (SSSR count). The first-order valence-electron chi connectivity index (χ1n) is 9.90. The summed E-state index contributed by atoms with van der Waals surface area (Å²) in [7, 11) is 0. The van der Waals surface area contributed by atoms with Gasteiger partial charge in [-0.1, -0.05) is 0 Å². The molecule has 0 spiro atoms. The second-order valence-corrected chi connectivity index (χ2v) is 7.32. The lowest BCUT2D eigenvalue weighted by molar-refractivity contribution is -0.144. The van der Waals surface area contributed by atoms with Gasteiger partial charge in [-0.25, -0.2) is 4.79 Å². The molecule has 1 heterocycles. The number of carbonyl (C=O) groups excluding carboxylic acids is 3. The van der Waals surface area contributed by atoms with Gasteiger partial charge in [-0.3, -0.25) is 19.2 Å². The Morgan fingerprint density at radius 3 is 2.30 bits per heavy atom. The van der Waals surface area contributed by atoms with Crippen LogP contribution in [0.1, 0.15) is 45.4 Å². The summed E-state index contributed by atoms with van der Waals surface area (Å²) in [5, 5.41) is 23.0. The standard InChI is InChI=1S/C18H31N5O7/c1-10(20)17(28)23-8-4-6-13(23)16(27)22-12(9-14(24)25)15(26)21-11(18(29)30)5-2-3-7-19/h10-13H,2-9,19-20H2,1H3,(H,21,26)(H,22,27)(H,24,25)(H,29,30). The summed E-state index contributed by atoms with van der Waals surface area (Å²) in [5.74, 6) is -4.64. The molecule has 0 radical (unpaired) electrons. The molecule has 8 N–H and O–H groups in total. The molecular weight excluding hydrogens is 398 g/mol. The third kappa shape index (κ3) is 7.59. The highest BCUT2D eigenvalue weighted by molar-refractivity contribution is 5.95. The molecule has 0 aliphatic carbocycles. The minimum Gasteiger partial charge on any atom is -0.481 e. The molecule has 30 heavy (non-hydrogen) atoms. The van der Waals surface area contributed by atoms with E-state index in [2.05, 4.69) is 10.6 Å². The molecule has 3 amide bonds. The summed E-state index contributed by atoms with van der Waals surface area (Å²) in [6.07, 6.45) is 1.32. The maximum atomic E-state index is 12.7. The smallest absolute Gasteiger partial charge is 0.326 e. The van der Waals surface area contributed by atoms with Gasteiger partial charge in [-0.05, 0) is 45.6 Å². The molecule has 12 heteroatoms. The van der Waals surface area contributed by atoms with E-state index in [4.69, 9.17) is 16.6 Å². The molecule has 0 aromatic carbocycles. The van der Waals surface area contributed by atoms with E-state index in [-0.39, 0.29) is 6.42 Å². The van der Waals surface area contributed by atoms with E-state index < -0.39 is 60.2 Å². The molecule has 4 unspecified atom stereocenters. The molecule has 170 valence electrons. The van der Waals surface area contributed by atoms with Gasteiger partial charge in [0.15, 0.2) is 0 Å². The van der Waals surface area contributed by atoms with Gasteiger partial charge in [-0.2, -0.15) is 0 Å². The van der Waals surface area contributed by atoms with Crippen LogP contribution in [0.3, 0.4) is 0 Å². The Labute approximate surface area is 174 Å². The van der Waals surface area contributed by atoms with Crippen LogP contribution in [0.4, 0.5) is 0 Å². The maximum Gasteiger partial charge on any atom is 0.326 e. The van der Waals surface area contributed by atoms with Gasteiger partial charge in [-0.15, -0.1) is 0 Å². The van der Waals surface area contributed by atoms with Gasteiger partial charge in [0.2, 0.25) is 17.7 Å². The maximum absolute atomic E-state index is 12.7. The zero-order valence-corrected chi connectivity index (χ0v) is 17.0.